The molecule has 4 rings (SSSR count). The number of nitrogens with zero attached hydrogens (tertiary/aromatic N) is 3. The fourth-order valence-corrected chi connectivity index (χ4v) is 4.29. The van der Waals surface area contributed by atoms with Crippen LogP contribution in [0.3, 0.4) is 0 Å². The summed E-state index contributed by atoms with van der Waals surface area (Å²) in [6.45, 7) is 4.47. The quantitative estimate of drug-likeness (QED) is 0.797. The molecule has 5 heteroatoms. The van der Waals surface area contributed by atoms with Crippen LogP contribution < -0.4 is 4.90 Å². The summed E-state index contributed by atoms with van der Waals surface area (Å²) < 4.78 is 11.8. The second-order valence-corrected chi connectivity index (χ2v) is 7.63. The van der Waals surface area contributed by atoms with Gasteiger partial charge in [0.05, 0.1) is 0 Å². The topological polar surface area (TPSA) is 42.4 Å². The molecule has 2 aromatic rings. The van der Waals surface area contributed by atoms with Gasteiger partial charge in [-0.25, -0.2) is 4.98 Å². The van der Waals surface area contributed by atoms with E-state index in [0.717, 1.165) is 35.7 Å². The van der Waals surface area contributed by atoms with Gasteiger partial charge >= 0.3 is 0 Å². The zero-order valence-corrected chi connectivity index (χ0v) is 13.7. The van der Waals surface area contributed by atoms with Gasteiger partial charge in [-0.2, -0.15) is 0 Å². The van der Waals surface area contributed by atoms with Crippen LogP contribution in [0.25, 0.3) is 10.8 Å². The van der Waals surface area contributed by atoms with Crippen LogP contribution in [0.2, 0.25) is 0 Å². The molecule has 116 valence electrons. The number of pyridine rings is 1. The first-order valence-electron chi connectivity index (χ1n) is 7.93. The fraction of sp³-hybridized carbons (Fsp3) is 0.471. The van der Waals surface area contributed by atoms with Crippen LogP contribution in [0.5, 0.6) is 0 Å². The predicted octanol–water partition coefficient (Wildman–Crippen LogP) is 2.26. The molecule has 22 heavy (non-hydrogen) atoms. The average molecular weight is 315 g/mol. The van der Waals surface area contributed by atoms with Crippen LogP contribution in [0.1, 0.15) is 12.8 Å². The summed E-state index contributed by atoms with van der Waals surface area (Å²) in [5, 5.41) is 2.30. The van der Waals surface area contributed by atoms with E-state index in [1.54, 1.807) is 6.26 Å². The fourth-order valence-electron chi connectivity index (χ4n) is 3.75. The first-order chi connectivity index (χ1) is 10.7. The zero-order valence-electron chi connectivity index (χ0n) is 12.9. The molecule has 2 atom stereocenters. The number of piperazine rings is 1. The minimum absolute atomic E-state index is 0.675. The maximum absolute atomic E-state index is 11.8. The Kier molecular flexibility index (Phi) is 3.72. The van der Waals surface area contributed by atoms with Crippen LogP contribution in [0, 0.1) is 0 Å². The van der Waals surface area contributed by atoms with Gasteiger partial charge in [-0.05, 0) is 54.1 Å². The van der Waals surface area contributed by atoms with Crippen LogP contribution in [-0.2, 0) is 11.2 Å². The molecule has 1 aromatic carbocycles. The van der Waals surface area contributed by atoms with E-state index in [2.05, 4.69) is 26.9 Å². The van der Waals surface area contributed by atoms with E-state index in [1.807, 2.05) is 18.3 Å². The second-order valence-electron chi connectivity index (χ2n) is 6.25. The number of rotatable bonds is 2. The summed E-state index contributed by atoms with van der Waals surface area (Å²) in [5.74, 6) is 1.05. The number of benzene rings is 1. The summed E-state index contributed by atoms with van der Waals surface area (Å²) >= 11 is -0.957. The van der Waals surface area contributed by atoms with Gasteiger partial charge in [-0.15, -0.1) is 0 Å². The zero-order chi connectivity index (χ0) is 15.1. The van der Waals surface area contributed by atoms with Crippen molar-refractivity contribution in [2.75, 3.05) is 37.3 Å². The maximum atomic E-state index is 11.8. The van der Waals surface area contributed by atoms with Gasteiger partial charge in [0.15, 0.2) is 4.90 Å². The molecule has 0 N–H and O–H groups in total. The molecule has 0 aliphatic carbocycles. The minimum Gasteiger partial charge on any atom is -0.612 e. The molecule has 0 amide bonds. The van der Waals surface area contributed by atoms with Gasteiger partial charge in [0, 0.05) is 43.3 Å². The van der Waals surface area contributed by atoms with E-state index in [9.17, 15) is 4.55 Å². The van der Waals surface area contributed by atoms with Gasteiger partial charge in [-0.1, -0.05) is 0 Å². The molecule has 0 spiro atoms. The lowest BCUT2D eigenvalue weighted by atomic mass is 10.1. The number of hydrogen-bond donors (Lipinski definition) is 0. The van der Waals surface area contributed by atoms with E-state index in [1.165, 1.54) is 24.8 Å². The summed E-state index contributed by atoms with van der Waals surface area (Å²) in [7, 11) is 0. The molecule has 0 radical (unpaired) electrons. The van der Waals surface area contributed by atoms with Gasteiger partial charge in [0.1, 0.15) is 12.1 Å². The predicted molar refractivity (Wildman–Crippen MR) is 90.9 cm³/mol. The van der Waals surface area contributed by atoms with Crippen LogP contribution in [-0.4, -0.2) is 52.9 Å². The van der Waals surface area contributed by atoms with Crippen LogP contribution >= 0.6 is 0 Å². The third kappa shape index (κ3) is 2.47. The summed E-state index contributed by atoms with van der Waals surface area (Å²) in [6, 6.07) is 8.77. The Hall–Kier alpha value is -1.30. The number of aromatic nitrogens is 1. The highest BCUT2D eigenvalue weighted by Crippen LogP contribution is 2.30. The molecule has 0 saturated carbocycles. The van der Waals surface area contributed by atoms with Crippen molar-refractivity contribution in [3.05, 3.63) is 30.5 Å². The molecular formula is C17H21N3OS. The minimum atomic E-state index is -0.957. The SMILES string of the molecule is C[S+]([O-])c1ccc2ccnc(N3CCN4CCC[C@H]4C3)c2c1. The molecule has 4 nitrogen and oxygen atoms in total. The van der Waals surface area contributed by atoms with Gasteiger partial charge in [-0.3, -0.25) is 4.90 Å². The standard InChI is InChI=1S/C17H21N3OS/c1-22(21)15-5-4-13-6-7-18-17(16(13)11-15)20-10-9-19-8-2-3-14(19)12-20/h4-7,11,14H,2-3,8-10,12H2,1H3/t14-,22?/m0/s1. The maximum Gasteiger partial charge on any atom is 0.153 e. The van der Waals surface area contributed by atoms with Crippen molar-refractivity contribution in [2.24, 2.45) is 0 Å². The largest absolute Gasteiger partial charge is 0.612 e. The van der Waals surface area contributed by atoms with Gasteiger partial charge < -0.3 is 9.45 Å². The van der Waals surface area contributed by atoms with Crippen molar-refractivity contribution in [2.45, 2.75) is 23.8 Å². The Bertz CT molecular complexity index is 691. The highest BCUT2D eigenvalue weighted by atomic mass is 32.2. The molecule has 0 bridgehead atoms. The van der Waals surface area contributed by atoms with Crippen LogP contribution in [0.15, 0.2) is 35.4 Å². The van der Waals surface area contributed by atoms with E-state index in [4.69, 9.17) is 0 Å². The monoisotopic (exact) mass is 315 g/mol. The second kappa shape index (κ2) is 5.72. The Labute approximate surface area is 134 Å². The number of anilines is 1. The summed E-state index contributed by atoms with van der Waals surface area (Å²) in [4.78, 5) is 10.5. The Morgan fingerprint density at radius 1 is 1.23 bits per heavy atom. The molecule has 2 aliphatic rings. The van der Waals surface area contributed by atoms with Crippen molar-refractivity contribution < 1.29 is 4.55 Å². The van der Waals surface area contributed by atoms with Crippen molar-refractivity contribution in [3.8, 4) is 0 Å². The molecular weight excluding hydrogens is 294 g/mol. The van der Waals surface area contributed by atoms with Crippen molar-refractivity contribution >= 4 is 27.8 Å². The lowest BCUT2D eigenvalue weighted by Crippen LogP contribution is -2.50. The van der Waals surface area contributed by atoms with Gasteiger partial charge in [0.25, 0.3) is 0 Å². The highest BCUT2D eigenvalue weighted by molar-refractivity contribution is 7.90. The van der Waals surface area contributed by atoms with Crippen molar-refractivity contribution in [1.29, 1.82) is 0 Å². The Morgan fingerprint density at radius 3 is 3.00 bits per heavy atom. The Balaban J connectivity index is 1.72. The molecule has 1 aromatic heterocycles. The summed E-state index contributed by atoms with van der Waals surface area (Å²) in [5.41, 5.74) is 0. The number of fused-ring (bicyclic) bond motifs is 2. The molecule has 2 fully saturated rings. The first kappa shape index (κ1) is 14.3. The lowest BCUT2D eigenvalue weighted by Gasteiger charge is -2.38. The third-order valence-electron chi connectivity index (χ3n) is 4.94. The average Bonchev–Trinajstić information content (AvgIpc) is 3.01. The Morgan fingerprint density at radius 2 is 2.14 bits per heavy atom. The third-order valence-corrected chi connectivity index (χ3v) is 5.85. The van der Waals surface area contributed by atoms with Gasteiger partial charge in [0.2, 0.25) is 0 Å². The summed E-state index contributed by atoms with van der Waals surface area (Å²) in [6.07, 6.45) is 6.24. The molecule has 2 saturated heterocycles. The smallest absolute Gasteiger partial charge is 0.153 e. The molecule has 2 aliphatic heterocycles. The van der Waals surface area contributed by atoms with Crippen molar-refractivity contribution in [1.82, 2.24) is 9.88 Å². The van der Waals surface area contributed by atoms with E-state index < -0.39 is 11.2 Å². The molecule has 3 heterocycles. The van der Waals surface area contributed by atoms with Crippen molar-refractivity contribution in [3.63, 3.8) is 0 Å². The highest BCUT2D eigenvalue weighted by Gasteiger charge is 2.31. The normalized spacial score (nSPS) is 23.7. The van der Waals surface area contributed by atoms with E-state index >= 15 is 0 Å². The van der Waals surface area contributed by atoms with Crippen LogP contribution in [0.4, 0.5) is 5.82 Å². The number of hydrogen-bond acceptors (Lipinski definition) is 4. The van der Waals surface area contributed by atoms with E-state index in [0.29, 0.717) is 6.04 Å². The first-order valence-corrected chi connectivity index (χ1v) is 9.49. The molecule has 1 unspecified atom stereocenters. The lowest BCUT2D eigenvalue weighted by molar-refractivity contribution is 0.230. The van der Waals surface area contributed by atoms with E-state index in [-0.39, 0.29) is 0 Å².